The molecule has 0 aliphatic rings. The van der Waals surface area contributed by atoms with Crippen molar-refractivity contribution < 1.29 is 39.6 Å². The Labute approximate surface area is 145 Å². The van der Waals surface area contributed by atoms with Gasteiger partial charge in [-0.2, -0.15) is 26.3 Å². The number of carbonyl (C=O) groups excluding carboxylic acids is 1. The molecule has 1 aromatic carbocycles. The van der Waals surface area contributed by atoms with Gasteiger partial charge in [-0.15, -0.1) is 0 Å². The smallest absolute Gasteiger partial charge is 0.326 e. The minimum Gasteiger partial charge on any atom is -0.326 e. The second-order valence-electron chi connectivity index (χ2n) is 5.31. The molecule has 0 heterocycles. The van der Waals surface area contributed by atoms with Gasteiger partial charge >= 0.3 is 18.4 Å². The molecule has 0 bridgehead atoms. The van der Waals surface area contributed by atoms with Crippen LogP contribution in [0.15, 0.2) is 18.2 Å². The number of nitrogens with one attached hydrogen (secondary N) is 2. The normalized spacial score (nSPS) is 12.8. The lowest BCUT2D eigenvalue weighted by Gasteiger charge is -2.19. The van der Waals surface area contributed by atoms with E-state index in [1.165, 1.54) is 7.05 Å². The molecular weight excluding hydrogens is 392 g/mol. The number of halogens is 6. The van der Waals surface area contributed by atoms with Crippen molar-refractivity contribution in [1.82, 2.24) is 9.62 Å². The monoisotopic (exact) mass is 407 g/mol. The third-order valence-corrected chi connectivity index (χ3v) is 3.73. The third-order valence-electron chi connectivity index (χ3n) is 3.00. The van der Waals surface area contributed by atoms with Crippen LogP contribution in [-0.2, 0) is 22.4 Å². The molecule has 0 saturated heterocycles. The van der Waals surface area contributed by atoms with E-state index in [1.807, 2.05) is 5.32 Å². The Kier molecular flexibility index (Phi) is 6.52. The highest BCUT2D eigenvalue weighted by molar-refractivity contribution is 7.88. The van der Waals surface area contributed by atoms with Crippen LogP contribution in [0.2, 0.25) is 0 Å². The van der Waals surface area contributed by atoms with Crippen molar-refractivity contribution in [3.05, 3.63) is 29.3 Å². The largest absolute Gasteiger partial charge is 0.416 e. The summed E-state index contributed by atoms with van der Waals surface area (Å²) in [6.45, 7) is -0.344. The van der Waals surface area contributed by atoms with Gasteiger partial charge in [0.2, 0.25) is 10.0 Å². The number of carbonyl (C=O) groups is 1. The van der Waals surface area contributed by atoms with Crippen LogP contribution in [0, 0.1) is 0 Å². The lowest BCUT2D eigenvalue weighted by Crippen LogP contribution is -2.38. The van der Waals surface area contributed by atoms with Crippen molar-refractivity contribution in [3.8, 4) is 0 Å². The Morgan fingerprint density at radius 2 is 1.50 bits per heavy atom. The Balaban J connectivity index is 2.95. The number of sulfonamides is 1. The van der Waals surface area contributed by atoms with Gasteiger partial charge in [-0.3, -0.25) is 0 Å². The molecular formula is C13H15F6N3O3S. The van der Waals surface area contributed by atoms with Crippen LogP contribution in [0.25, 0.3) is 0 Å². The maximum atomic E-state index is 12.8. The molecule has 26 heavy (non-hydrogen) atoms. The van der Waals surface area contributed by atoms with Gasteiger partial charge in [-0.05, 0) is 18.2 Å². The first-order valence-electron chi connectivity index (χ1n) is 6.86. The van der Waals surface area contributed by atoms with Crippen LogP contribution >= 0.6 is 0 Å². The van der Waals surface area contributed by atoms with Gasteiger partial charge in [0, 0.05) is 25.8 Å². The zero-order chi connectivity index (χ0) is 20.3. The number of likely N-dealkylation sites (N-methyl/N-ethyl adjacent to an activating group) is 1. The summed E-state index contributed by atoms with van der Waals surface area (Å²) in [6, 6.07) is -0.325. The predicted molar refractivity (Wildman–Crippen MR) is 80.9 cm³/mol. The summed E-state index contributed by atoms with van der Waals surface area (Å²) in [7, 11) is -2.31. The van der Waals surface area contributed by atoms with Gasteiger partial charge < -0.3 is 10.2 Å². The van der Waals surface area contributed by atoms with Crippen molar-refractivity contribution in [2.75, 3.05) is 31.7 Å². The molecule has 13 heteroatoms. The van der Waals surface area contributed by atoms with Gasteiger partial charge in [0.1, 0.15) is 0 Å². The SMILES string of the molecule is CN(CCNS(C)(=O)=O)C(=O)Nc1cc(C(F)(F)F)cc(C(F)(F)F)c1. The fourth-order valence-corrected chi connectivity index (χ4v) is 2.21. The maximum absolute atomic E-state index is 12.8. The molecule has 148 valence electrons. The quantitative estimate of drug-likeness (QED) is 0.737. The molecule has 1 aromatic rings. The number of alkyl halides is 6. The van der Waals surface area contributed by atoms with Gasteiger partial charge in [0.15, 0.2) is 0 Å². The molecule has 2 amide bonds. The second kappa shape index (κ2) is 7.70. The summed E-state index contributed by atoms with van der Waals surface area (Å²) in [6.07, 6.45) is -9.19. The first kappa shape index (κ1) is 22.0. The number of hydrogen-bond donors (Lipinski definition) is 2. The van der Waals surface area contributed by atoms with Crippen LogP contribution in [0.3, 0.4) is 0 Å². The van der Waals surface area contributed by atoms with Crippen LogP contribution in [0.4, 0.5) is 36.8 Å². The molecule has 0 aromatic heterocycles. The van der Waals surface area contributed by atoms with E-state index in [1.54, 1.807) is 0 Å². The molecule has 0 aliphatic heterocycles. The lowest BCUT2D eigenvalue weighted by atomic mass is 10.1. The highest BCUT2D eigenvalue weighted by Gasteiger charge is 2.37. The van der Waals surface area contributed by atoms with Crippen molar-refractivity contribution in [2.24, 2.45) is 0 Å². The number of anilines is 1. The molecule has 1 rings (SSSR count). The predicted octanol–water partition coefficient (Wildman–Crippen LogP) is 2.74. The Morgan fingerprint density at radius 3 is 1.88 bits per heavy atom. The molecule has 0 unspecified atom stereocenters. The average molecular weight is 407 g/mol. The number of urea groups is 1. The summed E-state index contributed by atoms with van der Waals surface area (Å²) in [5.74, 6) is 0. The third kappa shape index (κ3) is 7.07. The Bertz CT molecular complexity index is 729. The van der Waals surface area contributed by atoms with Crippen molar-refractivity contribution in [2.45, 2.75) is 12.4 Å². The average Bonchev–Trinajstić information content (AvgIpc) is 2.43. The maximum Gasteiger partial charge on any atom is 0.416 e. The first-order chi connectivity index (χ1) is 11.6. The van der Waals surface area contributed by atoms with E-state index in [4.69, 9.17) is 0 Å². The van der Waals surface area contributed by atoms with Gasteiger partial charge in [-0.1, -0.05) is 0 Å². The van der Waals surface area contributed by atoms with Gasteiger partial charge in [0.05, 0.1) is 17.4 Å². The van der Waals surface area contributed by atoms with Crippen LogP contribution in [0.5, 0.6) is 0 Å². The van der Waals surface area contributed by atoms with E-state index >= 15 is 0 Å². The molecule has 0 aliphatic carbocycles. The minimum absolute atomic E-state index is 0.0601. The van der Waals surface area contributed by atoms with Crippen molar-refractivity contribution >= 4 is 21.7 Å². The number of rotatable bonds is 5. The van der Waals surface area contributed by atoms with E-state index in [9.17, 15) is 39.6 Å². The summed E-state index contributed by atoms with van der Waals surface area (Å²) >= 11 is 0. The molecule has 0 spiro atoms. The fourth-order valence-electron chi connectivity index (χ4n) is 1.75. The topological polar surface area (TPSA) is 78.5 Å². The highest BCUT2D eigenvalue weighted by Crippen LogP contribution is 2.37. The van der Waals surface area contributed by atoms with E-state index in [0.29, 0.717) is 12.1 Å². The molecule has 0 saturated carbocycles. The molecule has 0 fully saturated rings. The molecule has 6 nitrogen and oxygen atoms in total. The summed E-state index contributed by atoms with van der Waals surface area (Å²) in [5.41, 5.74) is -3.83. The Hall–Kier alpha value is -2.02. The highest BCUT2D eigenvalue weighted by atomic mass is 32.2. The van der Waals surface area contributed by atoms with Crippen LogP contribution in [-0.4, -0.2) is 45.7 Å². The van der Waals surface area contributed by atoms with E-state index in [2.05, 4.69) is 4.72 Å². The van der Waals surface area contributed by atoms with Crippen LogP contribution < -0.4 is 10.0 Å². The summed E-state index contributed by atoms with van der Waals surface area (Å²) < 4.78 is 100. The number of amides is 2. The number of benzene rings is 1. The van der Waals surface area contributed by atoms with E-state index in [-0.39, 0.29) is 19.2 Å². The van der Waals surface area contributed by atoms with Gasteiger partial charge in [0.25, 0.3) is 0 Å². The first-order valence-corrected chi connectivity index (χ1v) is 8.75. The standard InChI is InChI=1S/C13H15F6N3O3S/c1-22(4-3-20-26(2,24)25)11(23)21-10-6-8(12(14,15)16)5-9(7-10)13(17,18)19/h5-7,20H,3-4H2,1-2H3,(H,21,23). The fraction of sp³-hybridized carbons (Fsp3) is 0.462. The van der Waals surface area contributed by atoms with Crippen molar-refractivity contribution in [1.29, 1.82) is 0 Å². The second-order valence-corrected chi connectivity index (χ2v) is 7.15. The summed E-state index contributed by atoms with van der Waals surface area (Å²) in [5, 5.41) is 1.92. The zero-order valence-electron chi connectivity index (χ0n) is 13.5. The molecule has 2 N–H and O–H groups in total. The van der Waals surface area contributed by atoms with E-state index in [0.717, 1.165) is 11.2 Å². The number of hydrogen-bond acceptors (Lipinski definition) is 3. The summed E-state index contributed by atoms with van der Waals surface area (Å²) in [4.78, 5) is 12.8. The van der Waals surface area contributed by atoms with Gasteiger partial charge in [-0.25, -0.2) is 17.9 Å². The van der Waals surface area contributed by atoms with E-state index < -0.39 is 45.2 Å². The minimum atomic E-state index is -5.04. The molecule has 0 atom stereocenters. The van der Waals surface area contributed by atoms with Crippen molar-refractivity contribution in [3.63, 3.8) is 0 Å². The molecule has 0 radical (unpaired) electrons. The lowest BCUT2D eigenvalue weighted by molar-refractivity contribution is -0.143. The Morgan fingerprint density at radius 1 is 1.04 bits per heavy atom. The van der Waals surface area contributed by atoms with Crippen LogP contribution in [0.1, 0.15) is 11.1 Å². The zero-order valence-corrected chi connectivity index (χ0v) is 14.3. The number of nitrogens with zero attached hydrogens (tertiary/aromatic N) is 1.